The van der Waals surface area contributed by atoms with Gasteiger partial charge >= 0.3 is 12.4 Å². The number of carbonyl (C=O) groups is 1. The van der Waals surface area contributed by atoms with E-state index >= 15 is 0 Å². The van der Waals surface area contributed by atoms with Gasteiger partial charge in [-0.3, -0.25) is 4.79 Å². The van der Waals surface area contributed by atoms with Gasteiger partial charge in [-0.2, -0.15) is 31.6 Å². The molecule has 1 heterocycles. The molecule has 140 valence electrons. The molecule has 0 aromatic heterocycles. The van der Waals surface area contributed by atoms with Gasteiger partial charge in [0.1, 0.15) is 11.6 Å². The van der Waals surface area contributed by atoms with Crippen LogP contribution < -0.4 is 5.32 Å². The molecule has 0 aliphatic carbocycles. The number of benzene rings is 1. The molecule has 0 spiro atoms. The lowest BCUT2D eigenvalue weighted by Crippen LogP contribution is -2.36. The maximum absolute atomic E-state index is 12.9. The van der Waals surface area contributed by atoms with Crippen LogP contribution in [0.2, 0.25) is 0 Å². The minimum Gasteiger partial charge on any atom is -0.383 e. The summed E-state index contributed by atoms with van der Waals surface area (Å²) in [6.07, 6.45) is -10.4. The van der Waals surface area contributed by atoms with E-state index in [1.54, 1.807) is 6.92 Å². The highest BCUT2D eigenvalue weighted by atomic mass is 19.4. The largest absolute Gasteiger partial charge is 0.416 e. The molecule has 1 aliphatic rings. The standard InChI is InChI=1S/C16H12F6N2O2/c1-8-6-24-13(7-26-8)12(5-23)14(25)9-2-10(15(17,18)19)4-11(3-9)16(20,21)22/h2-4,8,24H,6-7H2,1H3/b13-12-. The minimum atomic E-state index is -5.09. The third-order valence-corrected chi connectivity index (χ3v) is 3.61. The molecular formula is C16H12F6N2O2. The summed E-state index contributed by atoms with van der Waals surface area (Å²) < 4.78 is 82.6. The maximum Gasteiger partial charge on any atom is 0.416 e. The van der Waals surface area contributed by atoms with Gasteiger partial charge in [-0.05, 0) is 25.1 Å². The number of nitriles is 1. The van der Waals surface area contributed by atoms with E-state index in [1.807, 2.05) is 0 Å². The van der Waals surface area contributed by atoms with Crippen LogP contribution in [-0.2, 0) is 17.1 Å². The second kappa shape index (κ2) is 6.99. The summed E-state index contributed by atoms with van der Waals surface area (Å²) in [6, 6.07) is 2.03. The molecule has 0 bridgehead atoms. The monoisotopic (exact) mass is 378 g/mol. The fourth-order valence-corrected chi connectivity index (χ4v) is 2.25. The van der Waals surface area contributed by atoms with Crippen LogP contribution in [0.5, 0.6) is 0 Å². The zero-order valence-corrected chi connectivity index (χ0v) is 13.3. The molecule has 2 rings (SSSR count). The van der Waals surface area contributed by atoms with Crippen molar-refractivity contribution in [1.82, 2.24) is 5.32 Å². The van der Waals surface area contributed by atoms with E-state index < -0.39 is 40.4 Å². The van der Waals surface area contributed by atoms with Crippen molar-refractivity contribution in [1.29, 1.82) is 5.26 Å². The summed E-state index contributed by atoms with van der Waals surface area (Å²) in [5.74, 6) is -1.25. The summed E-state index contributed by atoms with van der Waals surface area (Å²) >= 11 is 0. The number of rotatable bonds is 2. The first-order valence-corrected chi connectivity index (χ1v) is 7.26. The zero-order valence-electron chi connectivity index (χ0n) is 13.3. The van der Waals surface area contributed by atoms with Crippen LogP contribution in [-0.4, -0.2) is 25.0 Å². The number of hydrogen-bond acceptors (Lipinski definition) is 4. The molecule has 4 nitrogen and oxygen atoms in total. The Hall–Kier alpha value is -2.54. The first-order valence-electron chi connectivity index (χ1n) is 7.26. The number of ether oxygens (including phenoxy) is 1. The number of Topliss-reactive ketones (excluding diaryl/α,β-unsaturated/α-hetero) is 1. The molecule has 26 heavy (non-hydrogen) atoms. The van der Waals surface area contributed by atoms with E-state index in [2.05, 4.69) is 5.32 Å². The minimum absolute atomic E-state index is 0.0153. The number of allylic oxidation sites excluding steroid dienone is 1. The average Bonchev–Trinajstić information content (AvgIpc) is 2.55. The van der Waals surface area contributed by atoms with Crippen LogP contribution in [0.25, 0.3) is 0 Å². The molecular weight excluding hydrogens is 366 g/mol. The van der Waals surface area contributed by atoms with Gasteiger partial charge in [0.25, 0.3) is 0 Å². The highest BCUT2D eigenvalue weighted by Gasteiger charge is 2.38. The first-order chi connectivity index (χ1) is 11.9. The molecule has 0 saturated carbocycles. The number of halogens is 6. The van der Waals surface area contributed by atoms with Crippen LogP contribution in [0, 0.1) is 11.3 Å². The predicted molar refractivity (Wildman–Crippen MR) is 76.8 cm³/mol. The number of carbonyl (C=O) groups excluding carboxylic acids is 1. The zero-order chi connectivity index (χ0) is 19.7. The van der Waals surface area contributed by atoms with Gasteiger partial charge in [0.05, 0.1) is 29.5 Å². The number of nitrogens with one attached hydrogen (secondary N) is 1. The summed E-state index contributed by atoms with van der Waals surface area (Å²) in [5.41, 5.74) is -4.71. The molecule has 1 fully saturated rings. The molecule has 1 aromatic carbocycles. The number of alkyl halides is 6. The highest BCUT2D eigenvalue weighted by Crippen LogP contribution is 2.36. The summed E-state index contributed by atoms with van der Waals surface area (Å²) in [7, 11) is 0. The van der Waals surface area contributed by atoms with Crippen molar-refractivity contribution in [2.75, 3.05) is 13.2 Å². The van der Waals surface area contributed by atoms with Crippen molar-refractivity contribution < 1.29 is 35.9 Å². The van der Waals surface area contributed by atoms with Crippen molar-refractivity contribution >= 4 is 5.78 Å². The Bertz CT molecular complexity index is 747. The van der Waals surface area contributed by atoms with Gasteiger partial charge in [-0.25, -0.2) is 0 Å². The fraction of sp³-hybridized carbons (Fsp3) is 0.375. The number of morpholine rings is 1. The topological polar surface area (TPSA) is 62.1 Å². The van der Waals surface area contributed by atoms with Crippen molar-refractivity contribution in [3.8, 4) is 6.07 Å². The normalized spacial score (nSPS) is 20.2. The summed E-state index contributed by atoms with van der Waals surface area (Å²) in [5, 5.41) is 11.9. The average molecular weight is 378 g/mol. The smallest absolute Gasteiger partial charge is 0.383 e. The van der Waals surface area contributed by atoms with Crippen molar-refractivity contribution in [3.05, 3.63) is 46.2 Å². The Labute approximate surface area is 144 Å². The number of hydrogen-bond donors (Lipinski definition) is 1. The molecule has 1 aliphatic heterocycles. The van der Waals surface area contributed by atoms with Crippen LogP contribution >= 0.6 is 0 Å². The predicted octanol–water partition coefficient (Wildman–Crippen LogP) is 3.69. The molecule has 0 amide bonds. The van der Waals surface area contributed by atoms with Gasteiger partial charge in [0.2, 0.25) is 5.78 Å². The van der Waals surface area contributed by atoms with Crippen molar-refractivity contribution in [2.45, 2.75) is 25.4 Å². The lowest BCUT2D eigenvalue weighted by molar-refractivity contribution is -0.143. The highest BCUT2D eigenvalue weighted by molar-refractivity contribution is 6.12. The lowest BCUT2D eigenvalue weighted by Gasteiger charge is -2.24. The molecule has 1 N–H and O–H groups in total. The Balaban J connectivity index is 2.54. The van der Waals surface area contributed by atoms with Gasteiger partial charge in [-0.15, -0.1) is 0 Å². The van der Waals surface area contributed by atoms with Gasteiger partial charge in [-0.1, -0.05) is 0 Å². The first kappa shape index (κ1) is 19.8. The van der Waals surface area contributed by atoms with Crippen LogP contribution in [0.15, 0.2) is 29.5 Å². The molecule has 0 radical (unpaired) electrons. The summed E-state index contributed by atoms with van der Waals surface area (Å²) in [6.45, 7) is 1.77. The van der Waals surface area contributed by atoms with Crippen molar-refractivity contribution in [2.24, 2.45) is 0 Å². The van der Waals surface area contributed by atoms with Gasteiger partial charge in [0, 0.05) is 12.1 Å². The van der Waals surface area contributed by atoms with E-state index in [0.29, 0.717) is 12.1 Å². The fourth-order valence-electron chi connectivity index (χ4n) is 2.25. The van der Waals surface area contributed by atoms with Gasteiger partial charge in [0.15, 0.2) is 0 Å². The number of ketones is 1. The molecule has 1 unspecified atom stereocenters. The lowest BCUT2D eigenvalue weighted by atomic mass is 9.97. The Morgan fingerprint density at radius 3 is 2.08 bits per heavy atom. The van der Waals surface area contributed by atoms with E-state index in [-0.39, 0.29) is 31.0 Å². The SMILES string of the molecule is CC1CN/C(=C(/C#N)C(=O)c2cc(C(F)(F)F)cc(C(F)(F)F)c2)CO1. The maximum atomic E-state index is 12.9. The third-order valence-electron chi connectivity index (χ3n) is 3.61. The van der Waals surface area contributed by atoms with E-state index in [1.165, 1.54) is 6.07 Å². The Morgan fingerprint density at radius 2 is 1.69 bits per heavy atom. The molecule has 1 aromatic rings. The summed E-state index contributed by atoms with van der Waals surface area (Å²) in [4.78, 5) is 12.4. The van der Waals surface area contributed by atoms with Gasteiger partial charge < -0.3 is 10.1 Å². The molecule has 1 saturated heterocycles. The second-order valence-electron chi connectivity index (χ2n) is 5.59. The van der Waals surface area contributed by atoms with E-state index in [4.69, 9.17) is 10.00 Å². The number of nitrogens with zero attached hydrogens (tertiary/aromatic N) is 1. The Kier molecular flexibility index (Phi) is 5.32. The van der Waals surface area contributed by atoms with E-state index in [0.717, 1.165) is 0 Å². The molecule has 1 atom stereocenters. The van der Waals surface area contributed by atoms with E-state index in [9.17, 15) is 31.1 Å². The van der Waals surface area contributed by atoms with Crippen molar-refractivity contribution in [3.63, 3.8) is 0 Å². The quantitative estimate of drug-likeness (QED) is 0.369. The van der Waals surface area contributed by atoms with Crippen LogP contribution in [0.3, 0.4) is 0 Å². The second-order valence-corrected chi connectivity index (χ2v) is 5.59. The van der Waals surface area contributed by atoms with Crippen LogP contribution in [0.1, 0.15) is 28.4 Å². The Morgan fingerprint density at radius 1 is 1.15 bits per heavy atom. The molecule has 10 heteroatoms. The van der Waals surface area contributed by atoms with Crippen LogP contribution in [0.4, 0.5) is 26.3 Å². The third kappa shape index (κ3) is 4.35.